The van der Waals surface area contributed by atoms with E-state index in [9.17, 15) is 4.79 Å². The van der Waals surface area contributed by atoms with Crippen LogP contribution in [0.15, 0.2) is 43.0 Å². The van der Waals surface area contributed by atoms with Gasteiger partial charge in [0.05, 0.1) is 17.8 Å². The average molecular weight is 337 g/mol. The minimum Gasteiger partial charge on any atom is -0.350 e. The maximum atomic E-state index is 12.4. The molecule has 4 aromatic rings. The zero-order valence-corrected chi connectivity index (χ0v) is 13.4. The molecule has 126 valence electrons. The van der Waals surface area contributed by atoms with Crippen molar-refractivity contribution in [2.24, 2.45) is 7.05 Å². The number of rotatable bonds is 5. The Balaban J connectivity index is 1.56. The molecule has 0 saturated carbocycles. The number of aryl methyl sites for hydroxylation is 1. The van der Waals surface area contributed by atoms with Gasteiger partial charge in [0.2, 0.25) is 0 Å². The maximum Gasteiger partial charge on any atom is 0.252 e. The zero-order chi connectivity index (χ0) is 17.2. The van der Waals surface area contributed by atoms with Gasteiger partial charge in [-0.15, -0.1) is 15.3 Å². The van der Waals surface area contributed by atoms with Crippen molar-refractivity contribution in [3.8, 4) is 11.5 Å². The molecule has 1 N–H and O–H groups in total. The lowest BCUT2D eigenvalue weighted by Gasteiger charge is -2.06. The molecule has 0 aliphatic heterocycles. The fourth-order valence-corrected chi connectivity index (χ4v) is 2.56. The molecule has 0 fully saturated rings. The first-order chi connectivity index (χ1) is 12.2. The highest BCUT2D eigenvalue weighted by Gasteiger charge is 2.13. The Morgan fingerprint density at radius 2 is 2.16 bits per heavy atom. The van der Waals surface area contributed by atoms with Gasteiger partial charge in [0.15, 0.2) is 11.5 Å². The predicted octanol–water partition coefficient (Wildman–Crippen LogP) is 0.151. The molecule has 0 aromatic carbocycles. The number of nitrogens with zero attached hydrogens (tertiary/aromatic N) is 8. The normalized spacial score (nSPS) is 11.1. The molecule has 0 aliphatic carbocycles. The van der Waals surface area contributed by atoms with E-state index in [1.807, 2.05) is 34.3 Å². The molecule has 4 heterocycles. The summed E-state index contributed by atoms with van der Waals surface area (Å²) in [5.74, 6) is 0.507. The van der Waals surface area contributed by atoms with Crippen molar-refractivity contribution in [2.45, 2.75) is 6.54 Å². The van der Waals surface area contributed by atoms with Crippen LogP contribution in [0.2, 0.25) is 0 Å². The molecule has 1 amide bonds. The fraction of sp³-hybridized carbons (Fsp3) is 0.200. The molecule has 0 bridgehead atoms. The van der Waals surface area contributed by atoms with E-state index in [1.54, 1.807) is 23.0 Å². The summed E-state index contributed by atoms with van der Waals surface area (Å²) >= 11 is 0. The van der Waals surface area contributed by atoms with Crippen LogP contribution in [0, 0.1) is 0 Å². The second kappa shape index (κ2) is 6.15. The van der Waals surface area contributed by atoms with E-state index >= 15 is 0 Å². The maximum absolute atomic E-state index is 12.4. The zero-order valence-electron chi connectivity index (χ0n) is 13.4. The van der Waals surface area contributed by atoms with Gasteiger partial charge in [-0.3, -0.25) is 9.20 Å². The lowest BCUT2D eigenvalue weighted by molar-refractivity contribution is 0.0951. The minimum absolute atomic E-state index is 0.179. The molecule has 0 radical (unpaired) electrons. The Morgan fingerprint density at radius 3 is 2.92 bits per heavy atom. The van der Waals surface area contributed by atoms with E-state index < -0.39 is 0 Å². The predicted molar refractivity (Wildman–Crippen MR) is 87.5 cm³/mol. The quantitative estimate of drug-likeness (QED) is 0.555. The number of aromatic nitrogens is 8. The molecule has 25 heavy (non-hydrogen) atoms. The van der Waals surface area contributed by atoms with Gasteiger partial charge in [-0.05, 0) is 34.7 Å². The van der Waals surface area contributed by atoms with Gasteiger partial charge >= 0.3 is 0 Å². The summed E-state index contributed by atoms with van der Waals surface area (Å²) in [6.07, 6.45) is 5.18. The molecule has 0 saturated heterocycles. The Labute approximate surface area is 142 Å². The van der Waals surface area contributed by atoms with E-state index in [1.165, 1.54) is 6.33 Å². The number of carbonyl (C=O) groups is 1. The lowest BCUT2D eigenvalue weighted by atomic mass is 10.2. The summed E-state index contributed by atoms with van der Waals surface area (Å²) in [6, 6.07) is 7.39. The number of carbonyl (C=O) groups excluding carboxylic acids is 1. The van der Waals surface area contributed by atoms with Crippen LogP contribution in [-0.2, 0) is 13.6 Å². The Bertz CT molecular complexity index is 1010. The lowest BCUT2D eigenvalue weighted by Crippen LogP contribution is -2.27. The van der Waals surface area contributed by atoms with Crippen LogP contribution in [0.5, 0.6) is 0 Å². The first-order valence-electron chi connectivity index (χ1n) is 7.68. The molecular weight excluding hydrogens is 322 g/mol. The summed E-state index contributed by atoms with van der Waals surface area (Å²) in [6.45, 7) is 0.928. The van der Waals surface area contributed by atoms with Crippen LogP contribution in [0.1, 0.15) is 10.4 Å². The third-order valence-electron chi connectivity index (χ3n) is 3.86. The number of pyridine rings is 1. The standard InChI is InChI=1S/C15H15N9O/c1-22-7-2-3-12(22)14-19-18-13-5-4-11(9-24(13)14)15(25)16-6-8-23-10-17-20-21-23/h2-5,7,9-10H,6,8H2,1H3,(H,16,25). The average Bonchev–Trinajstić information content (AvgIpc) is 3.34. The topological polar surface area (TPSA) is 108 Å². The highest BCUT2D eigenvalue weighted by atomic mass is 16.1. The highest BCUT2D eigenvalue weighted by Crippen LogP contribution is 2.18. The van der Waals surface area contributed by atoms with Crippen LogP contribution in [0.4, 0.5) is 0 Å². The van der Waals surface area contributed by atoms with Crippen LogP contribution >= 0.6 is 0 Å². The molecule has 4 aromatic heterocycles. The van der Waals surface area contributed by atoms with Gasteiger partial charge in [0.1, 0.15) is 6.33 Å². The second-order valence-electron chi connectivity index (χ2n) is 5.50. The van der Waals surface area contributed by atoms with E-state index in [4.69, 9.17) is 0 Å². The van der Waals surface area contributed by atoms with Gasteiger partial charge in [-0.25, -0.2) is 4.68 Å². The SMILES string of the molecule is Cn1cccc1-c1nnc2ccc(C(=O)NCCn3cnnn3)cn12. The monoisotopic (exact) mass is 337 g/mol. The van der Waals surface area contributed by atoms with Crippen LogP contribution in [0.25, 0.3) is 17.2 Å². The van der Waals surface area contributed by atoms with Gasteiger partial charge in [0, 0.05) is 26.0 Å². The molecule has 0 atom stereocenters. The second-order valence-corrected chi connectivity index (χ2v) is 5.50. The molecule has 10 heteroatoms. The number of nitrogens with one attached hydrogen (secondary N) is 1. The van der Waals surface area contributed by atoms with Crippen molar-refractivity contribution in [3.63, 3.8) is 0 Å². The van der Waals surface area contributed by atoms with Crippen LogP contribution in [-0.4, -0.2) is 51.8 Å². The summed E-state index contributed by atoms with van der Waals surface area (Å²) in [5, 5.41) is 22.1. The van der Waals surface area contributed by atoms with Crippen molar-refractivity contribution < 1.29 is 4.79 Å². The molecule has 0 aliphatic rings. The fourth-order valence-electron chi connectivity index (χ4n) is 2.56. The smallest absolute Gasteiger partial charge is 0.252 e. The van der Waals surface area contributed by atoms with Crippen molar-refractivity contribution in [1.82, 2.24) is 44.7 Å². The number of hydrogen-bond acceptors (Lipinski definition) is 6. The van der Waals surface area contributed by atoms with E-state index in [-0.39, 0.29) is 5.91 Å². The third kappa shape index (κ3) is 2.84. The van der Waals surface area contributed by atoms with Gasteiger partial charge in [-0.1, -0.05) is 0 Å². The largest absolute Gasteiger partial charge is 0.350 e. The van der Waals surface area contributed by atoms with Gasteiger partial charge < -0.3 is 9.88 Å². The van der Waals surface area contributed by atoms with Crippen molar-refractivity contribution >= 4 is 11.6 Å². The first-order valence-corrected chi connectivity index (χ1v) is 7.68. The van der Waals surface area contributed by atoms with Crippen molar-refractivity contribution in [1.29, 1.82) is 0 Å². The number of fused-ring (bicyclic) bond motifs is 1. The molecular formula is C15H15N9O. The van der Waals surface area contributed by atoms with E-state index in [0.717, 1.165) is 5.69 Å². The summed E-state index contributed by atoms with van der Waals surface area (Å²) in [5.41, 5.74) is 2.13. The van der Waals surface area contributed by atoms with Gasteiger partial charge in [-0.2, -0.15) is 0 Å². The molecule has 10 nitrogen and oxygen atoms in total. The van der Waals surface area contributed by atoms with E-state index in [0.29, 0.717) is 30.1 Å². The summed E-state index contributed by atoms with van der Waals surface area (Å²) in [4.78, 5) is 12.4. The number of tetrazole rings is 1. The Morgan fingerprint density at radius 1 is 1.24 bits per heavy atom. The van der Waals surface area contributed by atoms with Crippen LogP contribution in [0.3, 0.4) is 0 Å². The van der Waals surface area contributed by atoms with E-state index in [2.05, 4.69) is 31.0 Å². The minimum atomic E-state index is -0.179. The summed E-state index contributed by atoms with van der Waals surface area (Å²) < 4.78 is 5.32. The molecule has 4 rings (SSSR count). The van der Waals surface area contributed by atoms with Crippen molar-refractivity contribution in [2.75, 3.05) is 6.54 Å². The first kappa shape index (κ1) is 15.0. The van der Waals surface area contributed by atoms with Crippen molar-refractivity contribution in [3.05, 3.63) is 48.5 Å². The highest BCUT2D eigenvalue weighted by molar-refractivity contribution is 5.94. The molecule has 0 spiro atoms. The third-order valence-corrected chi connectivity index (χ3v) is 3.86. The Kier molecular flexibility index (Phi) is 3.69. The van der Waals surface area contributed by atoms with Gasteiger partial charge in [0.25, 0.3) is 5.91 Å². The molecule has 0 unspecified atom stereocenters. The summed E-state index contributed by atoms with van der Waals surface area (Å²) in [7, 11) is 1.94. The number of hydrogen-bond donors (Lipinski definition) is 1. The number of amides is 1. The Hall–Kier alpha value is -3.56. The van der Waals surface area contributed by atoms with Crippen LogP contribution < -0.4 is 5.32 Å².